The van der Waals surface area contributed by atoms with Crippen LogP contribution >= 0.6 is 11.3 Å². The molecule has 0 saturated heterocycles. The van der Waals surface area contributed by atoms with Crippen LogP contribution in [-0.4, -0.2) is 41.1 Å². The predicted octanol–water partition coefficient (Wildman–Crippen LogP) is 2.52. The number of fused-ring (bicyclic) bond motifs is 1. The molecule has 1 aliphatic rings. The van der Waals surface area contributed by atoms with Crippen molar-refractivity contribution in [1.29, 1.82) is 0 Å². The molecule has 0 bridgehead atoms. The second-order valence-corrected chi connectivity index (χ2v) is 7.32. The predicted molar refractivity (Wildman–Crippen MR) is 106 cm³/mol. The van der Waals surface area contributed by atoms with Gasteiger partial charge in [-0.2, -0.15) is 0 Å². The highest BCUT2D eigenvalue weighted by Crippen LogP contribution is 2.30. The fourth-order valence-electron chi connectivity index (χ4n) is 3.07. The summed E-state index contributed by atoms with van der Waals surface area (Å²) in [5.41, 5.74) is 2.69. The van der Waals surface area contributed by atoms with Crippen LogP contribution < -0.4 is 14.8 Å². The monoisotopic (exact) mass is 396 g/mol. The van der Waals surface area contributed by atoms with E-state index in [-0.39, 0.29) is 11.8 Å². The molecular weight excluding hydrogens is 376 g/mol. The van der Waals surface area contributed by atoms with Gasteiger partial charge in [0.2, 0.25) is 5.91 Å². The highest BCUT2D eigenvalue weighted by atomic mass is 32.1. The van der Waals surface area contributed by atoms with E-state index in [0.717, 1.165) is 33.5 Å². The number of rotatable bonds is 6. The summed E-state index contributed by atoms with van der Waals surface area (Å²) >= 11 is 1.53. The smallest absolute Gasteiger partial charge is 0.226 e. The summed E-state index contributed by atoms with van der Waals surface area (Å²) < 4.78 is 11.0. The molecule has 2 aromatic heterocycles. The molecule has 0 aliphatic carbocycles. The molecule has 7 nitrogen and oxygen atoms in total. The number of ether oxygens (including phenoxy) is 2. The van der Waals surface area contributed by atoms with Gasteiger partial charge in [0, 0.05) is 30.7 Å². The van der Waals surface area contributed by atoms with Crippen LogP contribution in [0.1, 0.15) is 11.3 Å². The van der Waals surface area contributed by atoms with Gasteiger partial charge >= 0.3 is 0 Å². The third-order valence-corrected chi connectivity index (χ3v) is 5.47. The number of nitrogens with one attached hydrogen (secondary N) is 1. The molecule has 0 radical (unpaired) electrons. The molecule has 4 rings (SSSR count). The molecule has 1 atom stereocenters. The normalized spacial score (nSPS) is 15.4. The van der Waals surface area contributed by atoms with Gasteiger partial charge < -0.3 is 14.8 Å². The molecule has 8 heteroatoms. The fraction of sp³-hybridized carbons (Fsp3) is 0.300. The van der Waals surface area contributed by atoms with E-state index in [1.807, 2.05) is 23.6 Å². The van der Waals surface area contributed by atoms with Crippen LogP contribution in [0.5, 0.6) is 11.5 Å². The number of hydrogen-bond donors (Lipinski definition) is 1. The van der Waals surface area contributed by atoms with E-state index in [4.69, 9.17) is 9.47 Å². The summed E-state index contributed by atoms with van der Waals surface area (Å²) in [7, 11) is 1.63. The summed E-state index contributed by atoms with van der Waals surface area (Å²) in [6, 6.07) is 5.68. The van der Waals surface area contributed by atoms with Crippen LogP contribution in [0.3, 0.4) is 0 Å². The molecule has 1 N–H and O–H groups in total. The molecule has 0 fully saturated rings. The van der Waals surface area contributed by atoms with Crippen LogP contribution in [0, 0.1) is 5.92 Å². The van der Waals surface area contributed by atoms with E-state index < -0.39 is 0 Å². The zero-order valence-corrected chi connectivity index (χ0v) is 16.2. The summed E-state index contributed by atoms with van der Waals surface area (Å²) in [4.78, 5) is 25.4. The first-order valence-electron chi connectivity index (χ1n) is 9.01. The molecule has 3 heterocycles. The first-order chi connectivity index (χ1) is 13.7. The van der Waals surface area contributed by atoms with Gasteiger partial charge in [-0.15, -0.1) is 11.3 Å². The van der Waals surface area contributed by atoms with Gasteiger partial charge in [0.1, 0.15) is 28.8 Å². The van der Waals surface area contributed by atoms with Crippen molar-refractivity contribution in [2.75, 3.05) is 20.3 Å². The van der Waals surface area contributed by atoms with Gasteiger partial charge in [-0.05, 0) is 30.2 Å². The Labute approximate surface area is 166 Å². The summed E-state index contributed by atoms with van der Waals surface area (Å²) in [5, 5.41) is 5.82. The lowest BCUT2D eigenvalue weighted by Crippen LogP contribution is -2.38. The number of hydrogen-bond acceptors (Lipinski definition) is 7. The average molecular weight is 396 g/mol. The van der Waals surface area contributed by atoms with E-state index in [0.29, 0.717) is 26.0 Å². The zero-order valence-electron chi connectivity index (χ0n) is 15.4. The number of carbonyl (C=O) groups excluding carboxylic acids is 1. The molecule has 144 valence electrons. The Morgan fingerprint density at radius 3 is 3.14 bits per heavy atom. The van der Waals surface area contributed by atoms with Crippen LogP contribution in [0.2, 0.25) is 0 Å². The number of thiazole rings is 1. The number of carbonyl (C=O) groups is 1. The molecule has 0 saturated carbocycles. The minimum atomic E-state index is -0.204. The maximum atomic E-state index is 12.5. The molecule has 1 aromatic carbocycles. The summed E-state index contributed by atoms with van der Waals surface area (Å²) in [6.07, 6.45) is 6.29. The molecule has 0 unspecified atom stereocenters. The Balaban J connectivity index is 1.30. The molecule has 0 spiro atoms. The Bertz CT molecular complexity index is 961. The quantitative estimate of drug-likeness (QED) is 0.689. The van der Waals surface area contributed by atoms with E-state index in [1.54, 1.807) is 25.7 Å². The second-order valence-electron chi connectivity index (χ2n) is 6.46. The number of amides is 1. The lowest BCUT2D eigenvalue weighted by molar-refractivity contribution is -0.126. The third-order valence-electron chi connectivity index (χ3n) is 4.56. The highest BCUT2D eigenvalue weighted by molar-refractivity contribution is 7.13. The number of aromatic nitrogens is 3. The van der Waals surface area contributed by atoms with Crippen molar-refractivity contribution >= 4 is 17.2 Å². The van der Waals surface area contributed by atoms with Crippen molar-refractivity contribution in [3.05, 3.63) is 53.4 Å². The molecular formula is C20H20N4O3S. The Kier molecular flexibility index (Phi) is 5.48. The van der Waals surface area contributed by atoms with Gasteiger partial charge in [0.15, 0.2) is 0 Å². The van der Waals surface area contributed by atoms with Gasteiger partial charge in [-0.1, -0.05) is 0 Å². The van der Waals surface area contributed by atoms with E-state index in [9.17, 15) is 4.79 Å². The third kappa shape index (κ3) is 4.12. The van der Waals surface area contributed by atoms with Gasteiger partial charge in [-0.3, -0.25) is 14.8 Å². The topological polar surface area (TPSA) is 86.2 Å². The van der Waals surface area contributed by atoms with Crippen molar-refractivity contribution in [3.63, 3.8) is 0 Å². The standard InChI is InChI=1S/C20H20N4O3S/c1-26-16-2-3-18-13(9-16)8-14(11-27-18)19(25)23-5-4-15-12-28-20(24-15)17-10-21-6-7-22-17/h2-3,6-7,9-10,12,14H,4-5,8,11H2,1H3,(H,23,25)/t14-/m0/s1. The maximum Gasteiger partial charge on any atom is 0.226 e. The summed E-state index contributed by atoms with van der Waals surface area (Å²) in [6.45, 7) is 0.919. The highest BCUT2D eigenvalue weighted by Gasteiger charge is 2.26. The molecule has 1 aliphatic heterocycles. The zero-order chi connectivity index (χ0) is 19.3. The molecule has 28 heavy (non-hydrogen) atoms. The lowest BCUT2D eigenvalue weighted by Gasteiger charge is -2.25. The minimum Gasteiger partial charge on any atom is -0.497 e. The lowest BCUT2D eigenvalue weighted by atomic mass is 9.96. The minimum absolute atomic E-state index is 0.00199. The number of nitrogens with zero attached hydrogens (tertiary/aromatic N) is 3. The molecule has 1 amide bonds. The average Bonchev–Trinajstić information content (AvgIpc) is 3.22. The van der Waals surface area contributed by atoms with Crippen LogP contribution in [-0.2, 0) is 17.6 Å². The van der Waals surface area contributed by atoms with Gasteiger partial charge in [0.25, 0.3) is 0 Å². The maximum absolute atomic E-state index is 12.5. The van der Waals surface area contributed by atoms with Crippen LogP contribution in [0.15, 0.2) is 42.2 Å². The van der Waals surface area contributed by atoms with Crippen LogP contribution in [0.25, 0.3) is 10.7 Å². The summed E-state index contributed by atoms with van der Waals surface area (Å²) in [5.74, 6) is 1.39. The Morgan fingerprint density at radius 1 is 1.39 bits per heavy atom. The van der Waals surface area contributed by atoms with E-state index in [1.165, 1.54) is 11.3 Å². The van der Waals surface area contributed by atoms with E-state index >= 15 is 0 Å². The number of methoxy groups -OCH3 is 1. The van der Waals surface area contributed by atoms with Crippen molar-refractivity contribution in [1.82, 2.24) is 20.3 Å². The van der Waals surface area contributed by atoms with Crippen molar-refractivity contribution in [2.45, 2.75) is 12.8 Å². The molecule has 3 aromatic rings. The van der Waals surface area contributed by atoms with Crippen molar-refractivity contribution < 1.29 is 14.3 Å². The van der Waals surface area contributed by atoms with Gasteiger partial charge in [-0.25, -0.2) is 4.98 Å². The largest absolute Gasteiger partial charge is 0.497 e. The first-order valence-corrected chi connectivity index (χ1v) is 9.89. The second kappa shape index (κ2) is 8.35. The van der Waals surface area contributed by atoms with E-state index in [2.05, 4.69) is 20.3 Å². The van der Waals surface area contributed by atoms with Crippen molar-refractivity contribution in [2.24, 2.45) is 5.92 Å². The Hall–Kier alpha value is -3.00. The Morgan fingerprint density at radius 2 is 2.32 bits per heavy atom. The van der Waals surface area contributed by atoms with Crippen LogP contribution in [0.4, 0.5) is 0 Å². The van der Waals surface area contributed by atoms with Gasteiger partial charge in [0.05, 0.1) is 24.9 Å². The first kappa shape index (κ1) is 18.4. The number of benzene rings is 1. The SMILES string of the molecule is COc1ccc2c(c1)C[C@H](C(=O)NCCc1csc(-c3cnccn3)n1)CO2. The van der Waals surface area contributed by atoms with Crippen molar-refractivity contribution in [3.8, 4) is 22.2 Å². The fourth-order valence-corrected chi connectivity index (χ4v) is 3.89.